The van der Waals surface area contributed by atoms with Crippen LogP contribution in [0.3, 0.4) is 0 Å². The monoisotopic (exact) mass is 396 g/mol. The standard InChI is InChI=1S/C20H13ClN2O3S/c21-14-6-3-4-12(8-14)9-15-11-22-20(27-15)23-18(24)16-10-13-5-1-2-7-17(13)26-19(16)25/h1-8,10-11H,9H2,(H,22,23,24). The number of hydrogen-bond acceptors (Lipinski definition) is 5. The number of benzene rings is 2. The Bertz CT molecular complexity index is 1200. The van der Waals surface area contributed by atoms with Crippen LogP contribution >= 0.6 is 22.9 Å². The van der Waals surface area contributed by atoms with Crippen LogP contribution in [0.1, 0.15) is 20.8 Å². The van der Waals surface area contributed by atoms with E-state index in [1.54, 1.807) is 24.4 Å². The third-order valence-corrected chi connectivity index (χ3v) is 5.08. The maximum absolute atomic E-state index is 12.5. The van der Waals surface area contributed by atoms with Gasteiger partial charge in [0.05, 0.1) is 0 Å². The molecule has 0 bridgehead atoms. The average Bonchev–Trinajstić information content (AvgIpc) is 3.07. The number of carbonyl (C=O) groups is 1. The highest BCUT2D eigenvalue weighted by Crippen LogP contribution is 2.23. The van der Waals surface area contributed by atoms with E-state index in [0.29, 0.717) is 27.5 Å². The summed E-state index contributed by atoms with van der Waals surface area (Å²) in [5, 5.41) is 4.44. The molecule has 0 unspecified atom stereocenters. The van der Waals surface area contributed by atoms with E-state index in [9.17, 15) is 9.59 Å². The first kappa shape index (κ1) is 17.5. The van der Waals surface area contributed by atoms with Crippen molar-refractivity contribution in [2.45, 2.75) is 6.42 Å². The van der Waals surface area contributed by atoms with Crippen LogP contribution in [0.2, 0.25) is 5.02 Å². The Kier molecular flexibility index (Phi) is 4.75. The van der Waals surface area contributed by atoms with Gasteiger partial charge in [0.1, 0.15) is 11.1 Å². The number of aromatic nitrogens is 1. The number of fused-ring (bicyclic) bond motifs is 1. The minimum Gasteiger partial charge on any atom is -0.422 e. The van der Waals surface area contributed by atoms with Gasteiger partial charge in [-0.05, 0) is 29.8 Å². The lowest BCUT2D eigenvalue weighted by atomic mass is 10.1. The number of halogens is 1. The maximum Gasteiger partial charge on any atom is 0.349 e. The van der Waals surface area contributed by atoms with E-state index in [-0.39, 0.29) is 5.56 Å². The van der Waals surface area contributed by atoms with Crippen molar-refractivity contribution in [2.24, 2.45) is 0 Å². The van der Waals surface area contributed by atoms with Crippen molar-refractivity contribution in [3.05, 3.63) is 92.2 Å². The molecule has 0 aliphatic heterocycles. The predicted octanol–water partition coefficient (Wildman–Crippen LogP) is 4.75. The number of amides is 1. The predicted molar refractivity (Wildman–Crippen MR) is 107 cm³/mol. The zero-order valence-corrected chi connectivity index (χ0v) is 15.5. The number of carbonyl (C=O) groups excluding carboxylic acids is 1. The number of thiazole rings is 1. The Morgan fingerprint density at radius 2 is 2.00 bits per heavy atom. The Hall–Kier alpha value is -2.96. The number of nitrogens with one attached hydrogen (secondary N) is 1. The van der Waals surface area contributed by atoms with Gasteiger partial charge in [0.15, 0.2) is 5.13 Å². The van der Waals surface area contributed by atoms with Crippen LogP contribution in [0.5, 0.6) is 0 Å². The number of hydrogen-bond donors (Lipinski definition) is 1. The third-order valence-electron chi connectivity index (χ3n) is 3.93. The molecule has 0 saturated carbocycles. The molecule has 0 aliphatic carbocycles. The van der Waals surface area contributed by atoms with Crippen LogP contribution in [0.25, 0.3) is 11.0 Å². The molecule has 4 aromatic rings. The van der Waals surface area contributed by atoms with Crippen LogP contribution < -0.4 is 10.9 Å². The molecule has 5 nitrogen and oxygen atoms in total. The van der Waals surface area contributed by atoms with E-state index < -0.39 is 11.5 Å². The molecule has 0 atom stereocenters. The van der Waals surface area contributed by atoms with Gasteiger partial charge in [0, 0.05) is 27.9 Å². The van der Waals surface area contributed by atoms with Gasteiger partial charge in [-0.25, -0.2) is 9.78 Å². The first-order chi connectivity index (χ1) is 13.1. The maximum atomic E-state index is 12.5. The third kappa shape index (κ3) is 3.92. The molecule has 0 spiro atoms. The van der Waals surface area contributed by atoms with E-state index >= 15 is 0 Å². The molecule has 7 heteroatoms. The first-order valence-corrected chi connectivity index (χ1v) is 9.31. The number of para-hydroxylation sites is 1. The molecule has 2 heterocycles. The minimum atomic E-state index is -0.679. The summed E-state index contributed by atoms with van der Waals surface area (Å²) in [6, 6.07) is 16.1. The minimum absolute atomic E-state index is 0.0553. The van der Waals surface area contributed by atoms with Crippen molar-refractivity contribution >= 4 is 44.9 Å². The average molecular weight is 397 g/mol. The summed E-state index contributed by atoms with van der Waals surface area (Å²) in [5.74, 6) is -0.543. The molecule has 0 saturated heterocycles. The van der Waals surface area contributed by atoms with Gasteiger partial charge in [-0.15, -0.1) is 11.3 Å². The van der Waals surface area contributed by atoms with Crippen LogP contribution in [0.15, 0.2) is 70.0 Å². The van der Waals surface area contributed by atoms with Gasteiger partial charge >= 0.3 is 5.63 Å². The van der Waals surface area contributed by atoms with Gasteiger partial charge in [-0.3, -0.25) is 10.1 Å². The van der Waals surface area contributed by atoms with Gasteiger partial charge < -0.3 is 4.42 Å². The summed E-state index contributed by atoms with van der Waals surface area (Å²) in [5.41, 5.74) is 0.763. The summed E-state index contributed by atoms with van der Waals surface area (Å²) >= 11 is 7.35. The van der Waals surface area contributed by atoms with Crippen LogP contribution in [0.4, 0.5) is 5.13 Å². The summed E-state index contributed by atoms with van der Waals surface area (Å²) in [4.78, 5) is 29.7. The summed E-state index contributed by atoms with van der Waals surface area (Å²) in [6.45, 7) is 0. The zero-order chi connectivity index (χ0) is 18.8. The van der Waals surface area contributed by atoms with Crippen molar-refractivity contribution < 1.29 is 9.21 Å². The van der Waals surface area contributed by atoms with E-state index in [1.807, 2.05) is 30.3 Å². The molecule has 0 radical (unpaired) electrons. The summed E-state index contributed by atoms with van der Waals surface area (Å²) in [7, 11) is 0. The summed E-state index contributed by atoms with van der Waals surface area (Å²) in [6.07, 6.45) is 2.36. The Balaban J connectivity index is 1.53. The van der Waals surface area contributed by atoms with Crippen molar-refractivity contribution in [3.8, 4) is 0 Å². The van der Waals surface area contributed by atoms with E-state index in [2.05, 4.69) is 10.3 Å². The lowest BCUT2D eigenvalue weighted by molar-refractivity contribution is 0.102. The highest BCUT2D eigenvalue weighted by Gasteiger charge is 2.15. The largest absolute Gasteiger partial charge is 0.422 e. The molecule has 2 aromatic carbocycles. The Morgan fingerprint density at radius 1 is 1.15 bits per heavy atom. The summed E-state index contributed by atoms with van der Waals surface area (Å²) < 4.78 is 5.20. The molecule has 2 aromatic heterocycles. The smallest absolute Gasteiger partial charge is 0.349 e. The van der Waals surface area contributed by atoms with Crippen molar-refractivity contribution in [1.82, 2.24) is 4.98 Å². The molecule has 1 N–H and O–H groups in total. The fraction of sp³-hybridized carbons (Fsp3) is 0.0500. The number of nitrogens with zero attached hydrogens (tertiary/aromatic N) is 1. The van der Waals surface area contributed by atoms with E-state index in [4.69, 9.17) is 16.0 Å². The van der Waals surface area contributed by atoms with Gasteiger partial charge in [0.2, 0.25) is 0 Å². The topological polar surface area (TPSA) is 72.2 Å². The van der Waals surface area contributed by atoms with Crippen LogP contribution in [0, 0.1) is 0 Å². The fourth-order valence-electron chi connectivity index (χ4n) is 2.68. The number of anilines is 1. The SMILES string of the molecule is O=C(Nc1ncc(Cc2cccc(Cl)c2)s1)c1cc2ccccc2oc1=O. The molecule has 0 fully saturated rings. The highest BCUT2D eigenvalue weighted by molar-refractivity contribution is 7.15. The molecule has 27 heavy (non-hydrogen) atoms. The van der Waals surface area contributed by atoms with E-state index in [1.165, 1.54) is 17.4 Å². The second-order valence-corrected chi connectivity index (χ2v) is 7.43. The van der Waals surface area contributed by atoms with Crippen molar-refractivity contribution in [2.75, 3.05) is 5.32 Å². The Morgan fingerprint density at radius 3 is 2.85 bits per heavy atom. The second kappa shape index (κ2) is 7.34. The van der Waals surface area contributed by atoms with Gasteiger partial charge in [0.25, 0.3) is 5.91 Å². The van der Waals surface area contributed by atoms with Crippen LogP contribution in [-0.2, 0) is 6.42 Å². The molecule has 4 rings (SSSR count). The van der Waals surface area contributed by atoms with Crippen molar-refractivity contribution in [3.63, 3.8) is 0 Å². The first-order valence-electron chi connectivity index (χ1n) is 8.12. The molecule has 134 valence electrons. The normalized spacial score (nSPS) is 10.9. The van der Waals surface area contributed by atoms with E-state index in [0.717, 1.165) is 10.4 Å². The van der Waals surface area contributed by atoms with Crippen LogP contribution in [-0.4, -0.2) is 10.9 Å². The molecule has 0 aliphatic rings. The zero-order valence-electron chi connectivity index (χ0n) is 13.9. The van der Waals surface area contributed by atoms with Gasteiger partial charge in [-0.1, -0.05) is 41.9 Å². The lowest BCUT2D eigenvalue weighted by Gasteiger charge is -2.02. The van der Waals surface area contributed by atoms with Gasteiger partial charge in [-0.2, -0.15) is 0 Å². The molecular formula is C20H13ClN2O3S. The number of rotatable bonds is 4. The lowest BCUT2D eigenvalue weighted by Crippen LogP contribution is -2.20. The molecular weight excluding hydrogens is 384 g/mol. The Labute approximate surface area is 163 Å². The van der Waals surface area contributed by atoms with Crippen molar-refractivity contribution in [1.29, 1.82) is 0 Å². The quantitative estimate of drug-likeness (QED) is 0.505. The fourth-order valence-corrected chi connectivity index (χ4v) is 3.73. The second-order valence-electron chi connectivity index (χ2n) is 5.88. The highest BCUT2D eigenvalue weighted by atomic mass is 35.5. The molecule has 1 amide bonds.